The molecule has 0 bridgehead atoms. The number of nitrogens with zero attached hydrogens (tertiary/aromatic N) is 2. The van der Waals surface area contributed by atoms with E-state index in [0.29, 0.717) is 23.5 Å². The number of rotatable bonds is 5. The Hall–Kier alpha value is -1.43. The van der Waals surface area contributed by atoms with Crippen LogP contribution >= 0.6 is 12.2 Å². The number of amides is 1. The minimum absolute atomic E-state index is 0.0556. The zero-order valence-electron chi connectivity index (χ0n) is 9.43. The first kappa shape index (κ1) is 12.6. The average molecular weight is 240 g/mol. The minimum atomic E-state index is -0.0556. The van der Waals surface area contributed by atoms with Gasteiger partial charge in [0, 0.05) is 25.2 Å². The van der Waals surface area contributed by atoms with Gasteiger partial charge in [-0.3, -0.25) is 9.89 Å². The first-order chi connectivity index (χ1) is 7.52. The highest BCUT2D eigenvalue weighted by atomic mass is 32.1. The smallest absolute Gasteiger partial charge is 0.257 e. The van der Waals surface area contributed by atoms with Crippen LogP contribution in [-0.4, -0.2) is 38.6 Å². The highest BCUT2D eigenvalue weighted by Gasteiger charge is 2.19. The maximum Gasteiger partial charge on any atom is 0.257 e. The molecule has 0 radical (unpaired) electrons. The number of H-pyrrole nitrogens is 1. The number of carbonyl (C=O) groups is 1. The van der Waals surface area contributed by atoms with Crippen LogP contribution < -0.4 is 5.73 Å². The maximum atomic E-state index is 12.0. The van der Waals surface area contributed by atoms with Gasteiger partial charge < -0.3 is 10.6 Å². The second-order valence-corrected chi connectivity index (χ2v) is 4.32. The predicted octanol–water partition coefficient (Wildman–Crippen LogP) is 0.936. The van der Waals surface area contributed by atoms with Crippen molar-refractivity contribution in [2.24, 2.45) is 5.73 Å². The summed E-state index contributed by atoms with van der Waals surface area (Å²) < 4.78 is 0. The van der Waals surface area contributed by atoms with Crippen molar-refractivity contribution < 1.29 is 4.79 Å². The van der Waals surface area contributed by atoms with Crippen molar-refractivity contribution in [2.45, 2.75) is 26.3 Å². The third-order valence-electron chi connectivity index (χ3n) is 2.23. The fourth-order valence-electron chi connectivity index (χ4n) is 1.36. The Morgan fingerprint density at radius 3 is 2.81 bits per heavy atom. The Bertz CT molecular complexity index is 361. The molecule has 0 saturated heterocycles. The third-order valence-corrected chi connectivity index (χ3v) is 2.43. The summed E-state index contributed by atoms with van der Waals surface area (Å²) in [5, 5.41) is 6.38. The fourth-order valence-corrected chi connectivity index (χ4v) is 1.45. The number of aromatic nitrogens is 2. The molecule has 1 aromatic rings. The van der Waals surface area contributed by atoms with E-state index in [-0.39, 0.29) is 11.9 Å². The van der Waals surface area contributed by atoms with E-state index in [4.69, 9.17) is 18.0 Å². The molecular weight excluding hydrogens is 224 g/mol. The molecule has 0 aliphatic rings. The number of hydrogen-bond acceptors (Lipinski definition) is 3. The molecule has 0 atom stereocenters. The lowest BCUT2D eigenvalue weighted by Crippen LogP contribution is -2.38. The molecule has 0 spiro atoms. The summed E-state index contributed by atoms with van der Waals surface area (Å²) in [4.78, 5) is 14.2. The van der Waals surface area contributed by atoms with Crippen LogP contribution in [0, 0.1) is 0 Å². The van der Waals surface area contributed by atoms with Gasteiger partial charge in [0.2, 0.25) is 0 Å². The molecule has 5 nitrogen and oxygen atoms in total. The normalized spacial score (nSPS) is 10.4. The van der Waals surface area contributed by atoms with Gasteiger partial charge in [0.25, 0.3) is 5.91 Å². The molecule has 0 unspecified atom stereocenters. The minimum Gasteiger partial charge on any atom is -0.393 e. The number of nitrogens with two attached hydrogens (primary N) is 1. The Balaban J connectivity index is 2.70. The van der Waals surface area contributed by atoms with E-state index in [9.17, 15) is 4.79 Å². The first-order valence-corrected chi connectivity index (χ1v) is 5.51. The summed E-state index contributed by atoms with van der Waals surface area (Å²) in [7, 11) is 0. The predicted molar refractivity (Wildman–Crippen MR) is 66.2 cm³/mol. The Morgan fingerprint density at radius 2 is 2.38 bits per heavy atom. The lowest BCUT2D eigenvalue weighted by Gasteiger charge is -2.26. The van der Waals surface area contributed by atoms with Gasteiger partial charge in [0.15, 0.2) is 0 Å². The highest BCUT2D eigenvalue weighted by Crippen LogP contribution is 2.07. The van der Waals surface area contributed by atoms with Gasteiger partial charge in [-0.25, -0.2) is 0 Å². The highest BCUT2D eigenvalue weighted by molar-refractivity contribution is 7.80. The second-order valence-electron chi connectivity index (χ2n) is 3.80. The van der Waals surface area contributed by atoms with Crippen LogP contribution in [0.1, 0.15) is 30.6 Å². The fraction of sp³-hybridized carbons (Fsp3) is 0.500. The van der Waals surface area contributed by atoms with Gasteiger partial charge >= 0.3 is 0 Å². The van der Waals surface area contributed by atoms with Crippen LogP contribution in [0.2, 0.25) is 0 Å². The summed E-state index contributed by atoms with van der Waals surface area (Å²) in [5.74, 6) is -0.0556. The zero-order chi connectivity index (χ0) is 12.1. The van der Waals surface area contributed by atoms with Crippen LogP contribution in [0.25, 0.3) is 0 Å². The largest absolute Gasteiger partial charge is 0.393 e. The van der Waals surface area contributed by atoms with Crippen molar-refractivity contribution in [3.8, 4) is 0 Å². The first-order valence-electron chi connectivity index (χ1n) is 5.10. The van der Waals surface area contributed by atoms with E-state index in [1.54, 1.807) is 11.1 Å². The van der Waals surface area contributed by atoms with Gasteiger partial charge in [0.05, 0.1) is 16.7 Å². The standard InChI is InChI=1S/C10H16N4OS/c1-7(2)14(4-3-9(11)16)10(15)8-5-12-13-6-8/h5-7H,3-4H2,1-2H3,(H2,11,16)(H,12,13). The van der Waals surface area contributed by atoms with Gasteiger partial charge in [-0.2, -0.15) is 5.10 Å². The van der Waals surface area contributed by atoms with E-state index in [0.717, 1.165) is 0 Å². The quantitative estimate of drug-likeness (QED) is 0.751. The monoisotopic (exact) mass is 240 g/mol. The van der Waals surface area contributed by atoms with Crippen LogP contribution in [0.5, 0.6) is 0 Å². The Kier molecular flexibility index (Phi) is 4.42. The van der Waals surface area contributed by atoms with Gasteiger partial charge in [-0.1, -0.05) is 12.2 Å². The number of aromatic amines is 1. The molecule has 1 heterocycles. The molecule has 0 fully saturated rings. The van der Waals surface area contributed by atoms with E-state index >= 15 is 0 Å². The van der Waals surface area contributed by atoms with E-state index in [1.165, 1.54) is 6.20 Å². The van der Waals surface area contributed by atoms with Crippen LogP contribution in [-0.2, 0) is 0 Å². The molecule has 0 aromatic carbocycles. The Morgan fingerprint density at radius 1 is 1.69 bits per heavy atom. The van der Waals surface area contributed by atoms with E-state index < -0.39 is 0 Å². The lowest BCUT2D eigenvalue weighted by atomic mass is 10.2. The second kappa shape index (κ2) is 5.60. The topological polar surface area (TPSA) is 75.0 Å². The molecule has 16 heavy (non-hydrogen) atoms. The Labute approximate surface area is 100 Å². The van der Waals surface area contributed by atoms with Crippen molar-refractivity contribution in [1.29, 1.82) is 0 Å². The SMILES string of the molecule is CC(C)N(CCC(N)=S)C(=O)c1cn[nH]c1. The van der Waals surface area contributed by atoms with Crippen molar-refractivity contribution in [1.82, 2.24) is 15.1 Å². The molecule has 0 saturated carbocycles. The zero-order valence-corrected chi connectivity index (χ0v) is 10.3. The van der Waals surface area contributed by atoms with Crippen molar-refractivity contribution >= 4 is 23.1 Å². The molecule has 0 aliphatic carbocycles. The summed E-state index contributed by atoms with van der Waals surface area (Å²) in [6, 6.07) is 0.108. The molecule has 1 amide bonds. The molecular formula is C10H16N4OS. The van der Waals surface area contributed by atoms with Gasteiger partial charge in [-0.05, 0) is 13.8 Å². The summed E-state index contributed by atoms with van der Waals surface area (Å²) in [6.07, 6.45) is 3.63. The number of hydrogen-bond donors (Lipinski definition) is 2. The molecule has 1 aromatic heterocycles. The number of carbonyl (C=O) groups excluding carboxylic acids is 1. The number of thiocarbonyl (C=S) groups is 1. The van der Waals surface area contributed by atoms with Crippen molar-refractivity contribution in [3.05, 3.63) is 18.0 Å². The molecule has 0 aliphatic heterocycles. The lowest BCUT2D eigenvalue weighted by molar-refractivity contribution is 0.0712. The van der Waals surface area contributed by atoms with Crippen LogP contribution in [0.3, 0.4) is 0 Å². The van der Waals surface area contributed by atoms with Crippen LogP contribution in [0.4, 0.5) is 0 Å². The van der Waals surface area contributed by atoms with Gasteiger partial charge in [-0.15, -0.1) is 0 Å². The van der Waals surface area contributed by atoms with E-state index in [1.807, 2.05) is 13.8 Å². The summed E-state index contributed by atoms with van der Waals surface area (Å²) >= 11 is 4.81. The maximum absolute atomic E-state index is 12.0. The third kappa shape index (κ3) is 3.30. The molecule has 6 heteroatoms. The summed E-state index contributed by atoms with van der Waals surface area (Å²) in [5.41, 5.74) is 5.99. The average Bonchev–Trinajstić information content (AvgIpc) is 2.69. The van der Waals surface area contributed by atoms with Crippen molar-refractivity contribution in [2.75, 3.05) is 6.54 Å². The number of nitrogens with one attached hydrogen (secondary N) is 1. The van der Waals surface area contributed by atoms with Crippen molar-refractivity contribution in [3.63, 3.8) is 0 Å². The van der Waals surface area contributed by atoms with Crippen LogP contribution in [0.15, 0.2) is 12.4 Å². The molecule has 88 valence electrons. The summed E-state index contributed by atoms with van der Waals surface area (Å²) in [6.45, 7) is 4.45. The van der Waals surface area contributed by atoms with Gasteiger partial charge in [0.1, 0.15) is 0 Å². The molecule has 3 N–H and O–H groups in total. The van der Waals surface area contributed by atoms with E-state index in [2.05, 4.69) is 10.2 Å². The molecule has 1 rings (SSSR count).